The van der Waals surface area contributed by atoms with E-state index < -0.39 is 6.10 Å². The van der Waals surface area contributed by atoms with Crippen LogP contribution in [0.5, 0.6) is 0 Å². The molecule has 1 aromatic heterocycles. The summed E-state index contributed by atoms with van der Waals surface area (Å²) in [5.74, 6) is -0.0681. The van der Waals surface area contributed by atoms with E-state index in [9.17, 15) is 9.90 Å². The van der Waals surface area contributed by atoms with Crippen LogP contribution in [0.25, 0.3) is 0 Å². The van der Waals surface area contributed by atoms with E-state index in [1.54, 1.807) is 30.4 Å². The Morgan fingerprint density at radius 3 is 2.55 bits per heavy atom. The van der Waals surface area contributed by atoms with Gasteiger partial charge < -0.3 is 15.2 Å². The van der Waals surface area contributed by atoms with Gasteiger partial charge in [0.05, 0.1) is 24.3 Å². The molecule has 1 amide bonds. The number of nitrogens with one attached hydrogen (secondary N) is 1. The van der Waals surface area contributed by atoms with Crippen molar-refractivity contribution in [2.24, 2.45) is 0 Å². The number of hydrogen-bond donors (Lipinski definition) is 2. The molecule has 20 heavy (non-hydrogen) atoms. The first-order valence-electron chi connectivity index (χ1n) is 6.57. The first-order chi connectivity index (χ1) is 9.35. The zero-order valence-corrected chi connectivity index (χ0v) is 13.6. The molecule has 0 aliphatic heterocycles. The monoisotopic (exact) mass is 300 g/mol. The third-order valence-corrected chi connectivity index (χ3v) is 4.46. The highest BCUT2D eigenvalue weighted by Crippen LogP contribution is 2.31. The van der Waals surface area contributed by atoms with Crippen molar-refractivity contribution in [2.45, 2.75) is 26.9 Å². The number of aliphatic hydroxyl groups is 1. The van der Waals surface area contributed by atoms with Gasteiger partial charge in [0.1, 0.15) is 0 Å². The fourth-order valence-corrected chi connectivity index (χ4v) is 3.02. The lowest BCUT2D eigenvalue weighted by Gasteiger charge is -2.19. The zero-order valence-electron chi connectivity index (χ0n) is 12.8. The van der Waals surface area contributed by atoms with Crippen LogP contribution in [0.15, 0.2) is 0 Å². The molecule has 114 valence electrons. The third-order valence-electron chi connectivity index (χ3n) is 3.23. The van der Waals surface area contributed by atoms with Crippen LogP contribution in [0.4, 0.5) is 5.00 Å². The number of thiophene rings is 1. The fourth-order valence-electron chi connectivity index (χ4n) is 1.94. The Labute approximate surface area is 124 Å². The average molecular weight is 300 g/mol. The van der Waals surface area contributed by atoms with E-state index in [4.69, 9.17) is 4.74 Å². The van der Waals surface area contributed by atoms with Crippen LogP contribution < -0.4 is 5.32 Å². The van der Waals surface area contributed by atoms with Crippen LogP contribution in [0, 0.1) is 20.8 Å². The highest BCUT2D eigenvalue weighted by Gasteiger charge is 2.14. The third kappa shape index (κ3) is 4.86. The minimum Gasteiger partial charge on any atom is -0.389 e. The van der Waals surface area contributed by atoms with E-state index in [0.717, 1.165) is 10.6 Å². The maximum atomic E-state index is 12.0. The number of ether oxygens (including phenoxy) is 1. The van der Waals surface area contributed by atoms with Crippen LogP contribution in [-0.4, -0.2) is 55.9 Å². The molecule has 2 N–H and O–H groups in total. The molecule has 1 heterocycles. The molecule has 1 atom stereocenters. The van der Waals surface area contributed by atoms with Gasteiger partial charge in [-0.05, 0) is 38.9 Å². The number of rotatable bonds is 7. The molecular weight excluding hydrogens is 276 g/mol. The minimum atomic E-state index is -0.578. The van der Waals surface area contributed by atoms with E-state index in [1.807, 2.05) is 6.92 Å². The van der Waals surface area contributed by atoms with Crippen LogP contribution >= 0.6 is 11.3 Å². The summed E-state index contributed by atoms with van der Waals surface area (Å²) in [5.41, 5.74) is 2.36. The number of nitrogens with zero attached hydrogens (tertiary/aromatic N) is 1. The first-order valence-corrected chi connectivity index (χ1v) is 7.38. The van der Waals surface area contributed by atoms with Crippen LogP contribution in [0.3, 0.4) is 0 Å². The van der Waals surface area contributed by atoms with E-state index >= 15 is 0 Å². The predicted molar refractivity (Wildman–Crippen MR) is 82.5 cm³/mol. The summed E-state index contributed by atoms with van der Waals surface area (Å²) in [6.45, 7) is 7.05. The van der Waals surface area contributed by atoms with Gasteiger partial charge in [-0.1, -0.05) is 0 Å². The normalized spacial score (nSPS) is 12.8. The number of hydrogen-bond acceptors (Lipinski definition) is 5. The van der Waals surface area contributed by atoms with Crippen LogP contribution in [0.1, 0.15) is 16.0 Å². The van der Waals surface area contributed by atoms with Crippen molar-refractivity contribution in [3.05, 3.63) is 16.0 Å². The summed E-state index contributed by atoms with van der Waals surface area (Å²) in [6.07, 6.45) is -0.578. The summed E-state index contributed by atoms with van der Waals surface area (Å²) in [5, 5.41) is 13.5. The number of methoxy groups -OCH3 is 1. The number of anilines is 1. The maximum absolute atomic E-state index is 12.0. The molecule has 0 aromatic carbocycles. The van der Waals surface area contributed by atoms with Gasteiger partial charge in [0.25, 0.3) is 0 Å². The molecule has 0 spiro atoms. The lowest BCUT2D eigenvalue weighted by Crippen LogP contribution is -2.37. The largest absolute Gasteiger partial charge is 0.389 e. The second-order valence-electron chi connectivity index (χ2n) is 5.09. The highest BCUT2D eigenvalue weighted by atomic mass is 32.1. The average Bonchev–Trinajstić information content (AvgIpc) is 2.56. The topological polar surface area (TPSA) is 61.8 Å². The summed E-state index contributed by atoms with van der Waals surface area (Å²) in [7, 11) is 3.34. The predicted octanol–water partition coefficient (Wildman–Crippen LogP) is 1.55. The molecule has 0 fully saturated rings. The van der Waals surface area contributed by atoms with Crippen LogP contribution in [-0.2, 0) is 9.53 Å². The summed E-state index contributed by atoms with van der Waals surface area (Å²) >= 11 is 1.60. The molecule has 1 rings (SSSR count). The van der Waals surface area contributed by atoms with Gasteiger partial charge in [0, 0.05) is 18.5 Å². The van der Waals surface area contributed by atoms with E-state index in [2.05, 4.69) is 19.2 Å². The fraction of sp³-hybridized carbons (Fsp3) is 0.643. The summed E-state index contributed by atoms with van der Waals surface area (Å²) < 4.78 is 4.86. The standard InChI is InChI=1S/C14H24N2O3S/c1-9-10(2)14(20-11(9)3)15-13(18)7-16(4)6-12(17)8-19-5/h12,17H,6-8H2,1-5H3,(H,15,18). The molecule has 1 unspecified atom stereocenters. The molecule has 1 aromatic rings. The SMILES string of the molecule is COCC(O)CN(C)CC(=O)Nc1sc(C)c(C)c1C. The van der Waals surface area contributed by atoms with E-state index in [-0.39, 0.29) is 19.1 Å². The Hall–Kier alpha value is -0.950. The van der Waals surface area contributed by atoms with E-state index in [1.165, 1.54) is 10.4 Å². The van der Waals surface area contributed by atoms with Gasteiger partial charge in [0.15, 0.2) is 0 Å². The second-order valence-corrected chi connectivity index (χ2v) is 6.32. The van der Waals surface area contributed by atoms with Crippen molar-refractivity contribution in [2.75, 3.05) is 39.2 Å². The second kappa shape index (κ2) is 7.73. The number of amides is 1. The lowest BCUT2D eigenvalue weighted by molar-refractivity contribution is -0.117. The molecule has 6 heteroatoms. The van der Waals surface area contributed by atoms with Gasteiger partial charge >= 0.3 is 0 Å². The number of likely N-dealkylation sites (N-methyl/N-ethyl adjacent to an activating group) is 1. The number of aliphatic hydroxyl groups excluding tert-OH is 1. The molecule has 0 saturated carbocycles. The Morgan fingerprint density at radius 2 is 2.05 bits per heavy atom. The Bertz CT molecular complexity index is 460. The van der Waals surface area contributed by atoms with Crippen molar-refractivity contribution in [1.82, 2.24) is 4.90 Å². The minimum absolute atomic E-state index is 0.0681. The lowest BCUT2D eigenvalue weighted by atomic mass is 10.2. The van der Waals surface area contributed by atoms with Crippen molar-refractivity contribution in [3.8, 4) is 0 Å². The van der Waals surface area contributed by atoms with Gasteiger partial charge in [0.2, 0.25) is 5.91 Å². The highest BCUT2D eigenvalue weighted by molar-refractivity contribution is 7.16. The molecular formula is C14H24N2O3S. The Balaban J connectivity index is 2.49. The smallest absolute Gasteiger partial charge is 0.239 e. The van der Waals surface area contributed by atoms with Gasteiger partial charge in [-0.2, -0.15) is 0 Å². The van der Waals surface area contributed by atoms with Gasteiger partial charge in [-0.3, -0.25) is 9.69 Å². The first kappa shape index (κ1) is 17.1. The Morgan fingerprint density at radius 1 is 1.40 bits per heavy atom. The zero-order chi connectivity index (χ0) is 15.3. The Kier molecular flexibility index (Phi) is 6.61. The molecule has 5 nitrogen and oxygen atoms in total. The van der Waals surface area contributed by atoms with Gasteiger partial charge in [-0.25, -0.2) is 0 Å². The molecule has 0 bridgehead atoms. The number of carbonyl (C=O) groups excluding carboxylic acids is 1. The maximum Gasteiger partial charge on any atom is 0.239 e. The molecule has 0 radical (unpaired) electrons. The van der Waals surface area contributed by atoms with E-state index in [0.29, 0.717) is 6.54 Å². The van der Waals surface area contributed by atoms with Crippen molar-refractivity contribution < 1.29 is 14.6 Å². The van der Waals surface area contributed by atoms with Gasteiger partial charge in [-0.15, -0.1) is 11.3 Å². The summed E-state index contributed by atoms with van der Waals surface area (Å²) in [4.78, 5) is 15.0. The van der Waals surface area contributed by atoms with Crippen LogP contribution in [0.2, 0.25) is 0 Å². The molecule has 0 aliphatic carbocycles. The number of aryl methyl sites for hydroxylation is 1. The molecule has 0 aliphatic rings. The molecule has 0 saturated heterocycles. The summed E-state index contributed by atoms with van der Waals surface area (Å²) in [6, 6.07) is 0. The quantitative estimate of drug-likeness (QED) is 0.802. The van der Waals surface area contributed by atoms with Crippen molar-refractivity contribution >= 4 is 22.2 Å². The van der Waals surface area contributed by atoms with Crippen molar-refractivity contribution in [3.63, 3.8) is 0 Å². The number of carbonyl (C=O) groups is 1. The van der Waals surface area contributed by atoms with Crippen molar-refractivity contribution in [1.29, 1.82) is 0 Å².